The highest BCUT2D eigenvalue weighted by atomic mass is 35.5. The summed E-state index contributed by atoms with van der Waals surface area (Å²) in [6.07, 6.45) is 4.27. The Morgan fingerprint density at radius 1 is 1.38 bits per heavy atom. The topological polar surface area (TPSA) is 47.0 Å². The van der Waals surface area contributed by atoms with Gasteiger partial charge in [0.1, 0.15) is 5.82 Å². The Labute approximate surface area is 101 Å². The van der Waals surface area contributed by atoms with Crippen molar-refractivity contribution in [3.63, 3.8) is 0 Å². The number of nitrogens with one attached hydrogen (secondary N) is 1. The SMILES string of the molecule is CC(Cl)CCNc1cncc(OC(C)C)n1. The van der Waals surface area contributed by atoms with E-state index in [0.29, 0.717) is 5.88 Å². The molecule has 1 N–H and O–H groups in total. The molecular weight excluding hydrogens is 226 g/mol. The van der Waals surface area contributed by atoms with Gasteiger partial charge in [-0.1, -0.05) is 0 Å². The molecule has 1 rings (SSSR count). The van der Waals surface area contributed by atoms with Gasteiger partial charge in [-0.3, -0.25) is 4.98 Å². The molecule has 0 amide bonds. The van der Waals surface area contributed by atoms with Crippen molar-refractivity contribution < 1.29 is 4.74 Å². The molecule has 1 atom stereocenters. The molecule has 0 aliphatic heterocycles. The molecule has 0 aromatic carbocycles. The van der Waals surface area contributed by atoms with Crippen LogP contribution in [0.15, 0.2) is 12.4 Å². The zero-order valence-corrected chi connectivity index (χ0v) is 10.7. The van der Waals surface area contributed by atoms with Crippen LogP contribution in [0.5, 0.6) is 5.88 Å². The molecule has 4 nitrogen and oxygen atoms in total. The molecule has 1 heterocycles. The predicted molar refractivity (Wildman–Crippen MR) is 66.2 cm³/mol. The van der Waals surface area contributed by atoms with Gasteiger partial charge in [-0.15, -0.1) is 11.6 Å². The third-order valence-electron chi connectivity index (χ3n) is 1.82. The minimum Gasteiger partial charge on any atom is -0.474 e. The van der Waals surface area contributed by atoms with Crippen molar-refractivity contribution in [2.45, 2.75) is 38.7 Å². The van der Waals surface area contributed by atoms with Gasteiger partial charge in [0.2, 0.25) is 5.88 Å². The molecule has 0 aliphatic rings. The Bertz CT molecular complexity index is 318. The molecule has 0 spiro atoms. The van der Waals surface area contributed by atoms with Crippen LogP contribution in [0.4, 0.5) is 5.82 Å². The summed E-state index contributed by atoms with van der Waals surface area (Å²) in [6.45, 7) is 6.66. The first-order valence-corrected chi connectivity index (χ1v) is 5.88. The largest absolute Gasteiger partial charge is 0.474 e. The van der Waals surface area contributed by atoms with E-state index >= 15 is 0 Å². The van der Waals surface area contributed by atoms with Gasteiger partial charge in [0, 0.05) is 11.9 Å². The Morgan fingerprint density at radius 2 is 2.12 bits per heavy atom. The summed E-state index contributed by atoms with van der Waals surface area (Å²) >= 11 is 5.84. The normalized spacial score (nSPS) is 12.6. The molecule has 0 saturated heterocycles. The zero-order chi connectivity index (χ0) is 12.0. The van der Waals surface area contributed by atoms with Gasteiger partial charge in [0.25, 0.3) is 0 Å². The maximum Gasteiger partial charge on any atom is 0.234 e. The van der Waals surface area contributed by atoms with Gasteiger partial charge in [0.05, 0.1) is 18.5 Å². The van der Waals surface area contributed by atoms with Crippen molar-refractivity contribution in [3.05, 3.63) is 12.4 Å². The summed E-state index contributed by atoms with van der Waals surface area (Å²) in [5.74, 6) is 1.26. The van der Waals surface area contributed by atoms with E-state index in [1.807, 2.05) is 20.8 Å². The second-order valence-corrected chi connectivity index (χ2v) is 4.65. The van der Waals surface area contributed by atoms with Crippen molar-refractivity contribution in [1.29, 1.82) is 0 Å². The van der Waals surface area contributed by atoms with Gasteiger partial charge in [-0.2, -0.15) is 4.98 Å². The molecule has 5 heteroatoms. The summed E-state index contributed by atoms with van der Waals surface area (Å²) in [5, 5.41) is 3.31. The fourth-order valence-electron chi connectivity index (χ4n) is 1.13. The van der Waals surface area contributed by atoms with Crippen LogP contribution in [-0.4, -0.2) is 28.0 Å². The fraction of sp³-hybridized carbons (Fsp3) is 0.636. The molecule has 0 fully saturated rings. The number of hydrogen-bond acceptors (Lipinski definition) is 4. The lowest BCUT2D eigenvalue weighted by molar-refractivity contribution is 0.232. The molecule has 1 aromatic rings. The van der Waals surface area contributed by atoms with Crippen molar-refractivity contribution in [2.75, 3.05) is 11.9 Å². The quantitative estimate of drug-likeness (QED) is 0.781. The van der Waals surface area contributed by atoms with Gasteiger partial charge in [-0.05, 0) is 27.2 Å². The summed E-state index contributed by atoms with van der Waals surface area (Å²) in [7, 11) is 0. The number of aromatic nitrogens is 2. The van der Waals surface area contributed by atoms with E-state index in [2.05, 4.69) is 15.3 Å². The molecule has 0 bridgehead atoms. The molecule has 0 radical (unpaired) electrons. The van der Waals surface area contributed by atoms with Gasteiger partial charge < -0.3 is 10.1 Å². The number of alkyl halides is 1. The van der Waals surface area contributed by atoms with Crippen LogP contribution < -0.4 is 10.1 Å². The molecule has 90 valence electrons. The summed E-state index contributed by atoms with van der Waals surface area (Å²) < 4.78 is 5.44. The Hall–Kier alpha value is -1.03. The summed E-state index contributed by atoms with van der Waals surface area (Å²) in [6, 6.07) is 0. The Kier molecular flexibility index (Phi) is 5.32. The summed E-state index contributed by atoms with van der Waals surface area (Å²) in [5.41, 5.74) is 0. The van der Waals surface area contributed by atoms with Crippen LogP contribution in [0, 0.1) is 0 Å². The maximum atomic E-state index is 5.84. The van der Waals surface area contributed by atoms with Crippen LogP contribution in [-0.2, 0) is 0 Å². The third kappa shape index (κ3) is 5.16. The van der Waals surface area contributed by atoms with Crippen LogP contribution in [0.25, 0.3) is 0 Å². The molecule has 16 heavy (non-hydrogen) atoms. The molecule has 0 saturated carbocycles. The molecule has 1 aromatic heterocycles. The van der Waals surface area contributed by atoms with Crippen molar-refractivity contribution in [2.24, 2.45) is 0 Å². The predicted octanol–water partition coefficient (Wildman–Crippen LogP) is 2.69. The maximum absolute atomic E-state index is 5.84. The minimum atomic E-state index is 0.104. The molecular formula is C11H18ClN3O. The Morgan fingerprint density at radius 3 is 2.75 bits per heavy atom. The standard InChI is InChI=1S/C11H18ClN3O/c1-8(2)16-11-7-13-6-10(15-11)14-5-4-9(3)12/h6-9H,4-5H2,1-3H3,(H,14,15). The lowest BCUT2D eigenvalue weighted by Gasteiger charge is -2.10. The average Bonchev–Trinajstić information content (AvgIpc) is 2.16. The minimum absolute atomic E-state index is 0.104. The monoisotopic (exact) mass is 243 g/mol. The van der Waals surface area contributed by atoms with Crippen molar-refractivity contribution in [3.8, 4) is 5.88 Å². The van der Waals surface area contributed by atoms with E-state index in [1.54, 1.807) is 12.4 Å². The van der Waals surface area contributed by atoms with Crippen molar-refractivity contribution >= 4 is 17.4 Å². The lowest BCUT2D eigenvalue weighted by atomic mass is 10.3. The number of anilines is 1. The van der Waals surface area contributed by atoms with E-state index in [1.165, 1.54) is 0 Å². The van der Waals surface area contributed by atoms with E-state index in [9.17, 15) is 0 Å². The molecule has 0 aliphatic carbocycles. The van der Waals surface area contributed by atoms with E-state index < -0.39 is 0 Å². The summed E-state index contributed by atoms with van der Waals surface area (Å²) in [4.78, 5) is 8.32. The lowest BCUT2D eigenvalue weighted by Crippen LogP contribution is -2.10. The van der Waals surface area contributed by atoms with Gasteiger partial charge in [-0.25, -0.2) is 0 Å². The average molecular weight is 244 g/mol. The highest BCUT2D eigenvalue weighted by Crippen LogP contribution is 2.11. The third-order valence-corrected chi connectivity index (χ3v) is 2.04. The van der Waals surface area contributed by atoms with Crippen LogP contribution in [0.3, 0.4) is 0 Å². The number of ether oxygens (including phenoxy) is 1. The Balaban J connectivity index is 2.47. The number of hydrogen-bond donors (Lipinski definition) is 1. The second kappa shape index (κ2) is 6.53. The first kappa shape index (κ1) is 13.0. The smallest absolute Gasteiger partial charge is 0.234 e. The van der Waals surface area contributed by atoms with Crippen molar-refractivity contribution in [1.82, 2.24) is 9.97 Å². The van der Waals surface area contributed by atoms with Gasteiger partial charge in [0.15, 0.2) is 0 Å². The highest BCUT2D eigenvalue weighted by molar-refractivity contribution is 6.20. The van der Waals surface area contributed by atoms with E-state index in [-0.39, 0.29) is 11.5 Å². The number of nitrogens with zero attached hydrogens (tertiary/aromatic N) is 2. The zero-order valence-electron chi connectivity index (χ0n) is 9.90. The van der Waals surface area contributed by atoms with Gasteiger partial charge >= 0.3 is 0 Å². The van der Waals surface area contributed by atoms with E-state index in [0.717, 1.165) is 18.8 Å². The first-order chi connectivity index (χ1) is 7.58. The highest BCUT2D eigenvalue weighted by Gasteiger charge is 2.02. The van der Waals surface area contributed by atoms with E-state index in [4.69, 9.17) is 16.3 Å². The van der Waals surface area contributed by atoms with Crippen LogP contribution >= 0.6 is 11.6 Å². The number of halogens is 1. The van der Waals surface area contributed by atoms with Crippen LogP contribution in [0.1, 0.15) is 27.2 Å². The molecule has 1 unspecified atom stereocenters. The fourth-order valence-corrected chi connectivity index (χ4v) is 1.24. The second-order valence-electron chi connectivity index (χ2n) is 3.91. The van der Waals surface area contributed by atoms with Crippen LogP contribution in [0.2, 0.25) is 0 Å². The first-order valence-electron chi connectivity index (χ1n) is 5.44. The number of rotatable bonds is 6.